The predicted octanol–water partition coefficient (Wildman–Crippen LogP) is 0.900. The third kappa shape index (κ3) is 1.40. The molecule has 5 nitrogen and oxygen atoms in total. The maximum Gasteiger partial charge on any atom is 0.221 e. The number of rotatable bonds is 2. The molecule has 0 saturated carbocycles. The van der Waals surface area contributed by atoms with Crippen molar-refractivity contribution in [2.45, 2.75) is 6.23 Å². The van der Waals surface area contributed by atoms with Crippen molar-refractivity contribution in [2.75, 3.05) is 20.2 Å². The Hall–Kier alpha value is -1.75. The number of nitrogens with zero attached hydrogens (tertiary/aromatic N) is 2. The van der Waals surface area contributed by atoms with Gasteiger partial charge in [0.05, 0.1) is 13.7 Å². The molecule has 0 bridgehead atoms. The SMILES string of the molecule is COc1ccc(C2ONC3=NCCN32)cc1. The van der Waals surface area contributed by atoms with Gasteiger partial charge in [-0.15, -0.1) is 0 Å². The Labute approximate surface area is 93.6 Å². The molecule has 5 heteroatoms. The van der Waals surface area contributed by atoms with Gasteiger partial charge in [0, 0.05) is 12.1 Å². The fourth-order valence-corrected chi connectivity index (χ4v) is 1.97. The molecule has 3 rings (SSSR count). The van der Waals surface area contributed by atoms with Gasteiger partial charge in [-0.05, 0) is 12.1 Å². The summed E-state index contributed by atoms with van der Waals surface area (Å²) in [6, 6.07) is 7.88. The van der Waals surface area contributed by atoms with Crippen molar-refractivity contribution in [2.24, 2.45) is 4.99 Å². The lowest BCUT2D eigenvalue weighted by molar-refractivity contribution is -0.0105. The molecule has 1 aromatic carbocycles. The lowest BCUT2D eigenvalue weighted by Gasteiger charge is -2.18. The van der Waals surface area contributed by atoms with Crippen LogP contribution in [0.1, 0.15) is 11.8 Å². The van der Waals surface area contributed by atoms with E-state index in [2.05, 4.69) is 15.4 Å². The fraction of sp³-hybridized carbons (Fsp3) is 0.364. The van der Waals surface area contributed by atoms with E-state index >= 15 is 0 Å². The van der Waals surface area contributed by atoms with Gasteiger partial charge < -0.3 is 9.64 Å². The highest BCUT2D eigenvalue weighted by atomic mass is 16.7. The van der Waals surface area contributed by atoms with Crippen molar-refractivity contribution >= 4 is 5.96 Å². The molecular formula is C11H13N3O2. The van der Waals surface area contributed by atoms with E-state index in [1.165, 1.54) is 0 Å². The van der Waals surface area contributed by atoms with Gasteiger partial charge >= 0.3 is 0 Å². The van der Waals surface area contributed by atoms with Crippen LogP contribution in [0.25, 0.3) is 0 Å². The molecule has 1 unspecified atom stereocenters. The van der Waals surface area contributed by atoms with Gasteiger partial charge in [-0.2, -0.15) is 0 Å². The highest BCUT2D eigenvalue weighted by Gasteiger charge is 2.34. The van der Waals surface area contributed by atoms with E-state index in [9.17, 15) is 0 Å². The number of guanidine groups is 1. The topological polar surface area (TPSA) is 46.1 Å². The Balaban J connectivity index is 1.84. The normalized spacial score (nSPS) is 22.7. The van der Waals surface area contributed by atoms with Crippen molar-refractivity contribution in [3.63, 3.8) is 0 Å². The maximum absolute atomic E-state index is 5.48. The summed E-state index contributed by atoms with van der Waals surface area (Å²) >= 11 is 0. The summed E-state index contributed by atoms with van der Waals surface area (Å²) < 4.78 is 5.12. The molecule has 0 aliphatic carbocycles. The minimum atomic E-state index is -0.0767. The van der Waals surface area contributed by atoms with E-state index in [-0.39, 0.29) is 6.23 Å². The number of benzene rings is 1. The Morgan fingerprint density at radius 2 is 2.25 bits per heavy atom. The zero-order valence-electron chi connectivity index (χ0n) is 9.01. The van der Waals surface area contributed by atoms with Crippen LogP contribution in [0, 0.1) is 0 Å². The van der Waals surface area contributed by atoms with Crippen molar-refractivity contribution < 1.29 is 9.57 Å². The van der Waals surface area contributed by atoms with Crippen LogP contribution < -0.4 is 10.2 Å². The Kier molecular flexibility index (Phi) is 2.18. The molecule has 1 aromatic rings. The van der Waals surface area contributed by atoms with Crippen molar-refractivity contribution in [3.05, 3.63) is 29.8 Å². The average molecular weight is 219 g/mol. The molecule has 84 valence electrons. The summed E-state index contributed by atoms with van der Waals surface area (Å²) in [6.07, 6.45) is -0.0767. The zero-order valence-corrected chi connectivity index (χ0v) is 9.01. The third-order valence-electron chi connectivity index (χ3n) is 2.82. The summed E-state index contributed by atoms with van der Waals surface area (Å²) in [4.78, 5) is 11.9. The van der Waals surface area contributed by atoms with Crippen LogP contribution in [0.4, 0.5) is 0 Å². The van der Waals surface area contributed by atoms with E-state index in [0.29, 0.717) is 0 Å². The van der Waals surface area contributed by atoms with E-state index in [0.717, 1.165) is 30.4 Å². The quantitative estimate of drug-likeness (QED) is 0.802. The number of nitrogens with one attached hydrogen (secondary N) is 1. The van der Waals surface area contributed by atoms with Crippen molar-refractivity contribution in [3.8, 4) is 5.75 Å². The van der Waals surface area contributed by atoms with Gasteiger partial charge in [-0.3, -0.25) is 0 Å². The van der Waals surface area contributed by atoms with Gasteiger partial charge in [0.15, 0.2) is 6.23 Å². The molecule has 1 atom stereocenters. The Morgan fingerprint density at radius 1 is 1.44 bits per heavy atom. The molecule has 16 heavy (non-hydrogen) atoms. The van der Waals surface area contributed by atoms with Gasteiger partial charge in [0.25, 0.3) is 0 Å². The van der Waals surface area contributed by atoms with Crippen LogP contribution in [0.5, 0.6) is 5.75 Å². The standard InChI is InChI=1S/C11H13N3O2/c1-15-9-4-2-8(3-5-9)10-14-7-6-12-11(14)13-16-10/h2-5,10H,6-7H2,1H3,(H,12,13). The van der Waals surface area contributed by atoms with E-state index in [4.69, 9.17) is 9.57 Å². The summed E-state index contributed by atoms with van der Waals surface area (Å²) in [6.45, 7) is 1.73. The largest absolute Gasteiger partial charge is 0.497 e. The molecule has 1 N–H and O–H groups in total. The second kappa shape index (κ2) is 3.68. The van der Waals surface area contributed by atoms with Gasteiger partial charge in [0.2, 0.25) is 5.96 Å². The van der Waals surface area contributed by atoms with Crippen LogP contribution in [-0.2, 0) is 4.84 Å². The number of methoxy groups -OCH3 is 1. The molecular weight excluding hydrogens is 206 g/mol. The minimum Gasteiger partial charge on any atom is -0.497 e. The molecule has 2 aliphatic heterocycles. The summed E-state index contributed by atoms with van der Waals surface area (Å²) in [7, 11) is 1.66. The molecule has 0 aromatic heterocycles. The zero-order chi connectivity index (χ0) is 11.0. The van der Waals surface area contributed by atoms with Crippen molar-refractivity contribution in [1.82, 2.24) is 10.4 Å². The molecule has 2 heterocycles. The molecule has 1 fully saturated rings. The third-order valence-corrected chi connectivity index (χ3v) is 2.82. The molecule has 1 saturated heterocycles. The highest BCUT2D eigenvalue weighted by Crippen LogP contribution is 2.28. The first-order valence-electron chi connectivity index (χ1n) is 5.25. The van der Waals surface area contributed by atoms with Gasteiger partial charge in [-0.1, -0.05) is 12.1 Å². The average Bonchev–Trinajstić information content (AvgIpc) is 2.91. The lowest BCUT2D eigenvalue weighted by Crippen LogP contribution is -2.27. The number of hydrogen-bond acceptors (Lipinski definition) is 5. The second-order valence-electron chi connectivity index (χ2n) is 3.74. The van der Waals surface area contributed by atoms with Crippen LogP contribution in [0.15, 0.2) is 29.3 Å². The molecule has 2 aliphatic rings. The molecule has 0 radical (unpaired) electrons. The number of hydroxylamine groups is 1. The highest BCUT2D eigenvalue weighted by molar-refractivity contribution is 5.82. The first-order valence-corrected chi connectivity index (χ1v) is 5.25. The number of ether oxygens (including phenoxy) is 1. The number of aliphatic imine (C=N–C) groups is 1. The summed E-state index contributed by atoms with van der Waals surface area (Å²) in [5, 5.41) is 0. The molecule has 0 spiro atoms. The van der Waals surface area contributed by atoms with E-state index < -0.39 is 0 Å². The predicted molar refractivity (Wildman–Crippen MR) is 59.0 cm³/mol. The second-order valence-corrected chi connectivity index (χ2v) is 3.74. The Morgan fingerprint density at radius 3 is 3.00 bits per heavy atom. The Bertz CT molecular complexity index is 416. The fourth-order valence-electron chi connectivity index (χ4n) is 1.97. The smallest absolute Gasteiger partial charge is 0.221 e. The summed E-state index contributed by atoms with van der Waals surface area (Å²) in [5.41, 5.74) is 3.94. The van der Waals surface area contributed by atoms with Crippen LogP contribution in [0.3, 0.4) is 0 Å². The minimum absolute atomic E-state index is 0.0767. The van der Waals surface area contributed by atoms with Gasteiger partial charge in [-0.25, -0.2) is 15.3 Å². The maximum atomic E-state index is 5.48. The van der Waals surface area contributed by atoms with Crippen LogP contribution >= 0.6 is 0 Å². The first-order chi connectivity index (χ1) is 7.88. The van der Waals surface area contributed by atoms with Gasteiger partial charge in [0.1, 0.15) is 5.75 Å². The summed E-state index contributed by atoms with van der Waals surface area (Å²) in [5.74, 6) is 1.69. The molecule has 0 amide bonds. The first kappa shape index (κ1) is 9.47. The van der Waals surface area contributed by atoms with E-state index in [1.54, 1.807) is 7.11 Å². The lowest BCUT2D eigenvalue weighted by atomic mass is 10.2. The number of hydrogen-bond donors (Lipinski definition) is 1. The van der Waals surface area contributed by atoms with E-state index in [1.807, 2.05) is 24.3 Å². The van der Waals surface area contributed by atoms with Crippen LogP contribution in [0.2, 0.25) is 0 Å². The van der Waals surface area contributed by atoms with Crippen LogP contribution in [-0.4, -0.2) is 31.1 Å². The number of fused-ring (bicyclic) bond motifs is 1. The monoisotopic (exact) mass is 219 g/mol. The van der Waals surface area contributed by atoms with Crippen molar-refractivity contribution in [1.29, 1.82) is 0 Å².